The van der Waals surface area contributed by atoms with E-state index in [4.69, 9.17) is 5.73 Å². The van der Waals surface area contributed by atoms with Gasteiger partial charge in [0, 0.05) is 19.3 Å². The molecule has 1 aliphatic heterocycles. The van der Waals surface area contributed by atoms with Crippen molar-refractivity contribution in [3.05, 3.63) is 24.4 Å². The van der Waals surface area contributed by atoms with Crippen LogP contribution in [0.4, 0.5) is 10.6 Å². The number of nitrogens with two attached hydrogens (primary N) is 1. The van der Waals surface area contributed by atoms with Crippen LogP contribution in [0.15, 0.2) is 24.4 Å². The maximum absolute atomic E-state index is 12.0. The standard InChI is InChI=1S/C12H16N4O2/c13-12(18)16-7-3-4-9(8-16)11(17)15-10-5-1-2-6-14-10/h1-2,5-6,9H,3-4,7-8H2,(H2,13,18)(H,14,15,17). The highest BCUT2D eigenvalue weighted by Gasteiger charge is 2.27. The predicted molar refractivity (Wildman–Crippen MR) is 66.7 cm³/mol. The molecule has 0 aromatic carbocycles. The quantitative estimate of drug-likeness (QED) is 0.811. The van der Waals surface area contributed by atoms with Crippen molar-refractivity contribution in [3.8, 4) is 0 Å². The molecule has 0 spiro atoms. The molecule has 2 rings (SSSR count). The zero-order chi connectivity index (χ0) is 13.0. The Bertz CT molecular complexity index is 435. The first-order valence-electron chi connectivity index (χ1n) is 5.93. The number of likely N-dealkylation sites (tertiary alicyclic amines) is 1. The normalized spacial score (nSPS) is 19.3. The maximum Gasteiger partial charge on any atom is 0.314 e. The topological polar surface area (TPSA) is 88.3 Å². The molecule has 1 aromatic rings. The van der Waals surface area contributed by atoms with Crippen LogP contribution in [0.5, 0.6) is 0 Å². The van der Waals surface area contributed by atoms with Gasteiger partial charge in [0.2, 0.25) is 5.91 Å². The summed E-state index contributed by atoms with van der Waals surface area (Å²) in [4.78, 5) is 28.6. The van der Waals surface area contributed by atoms with Gasteiger partial charge in [-0.25, -0.2) is 9.78 Å². The first kappa shape index (κ1) is 12.3. The van der Waals surface area contributed by atoms with Gasteiger partial charge in [0.15, 0.2) is 0 Å². The van der Waals surface area contributed by atoms with Crippen molar-refractivity contribution < 1.29 is 9.59 Å². The number of piperidine rings is 1. The molecule has 3 amide bonds. The minimum atomic E-state index is -0.467. The molecule has 2 heterocycles. The summed E-state index contributed by atoms with van der Waals surface area (Å²) in [6.45, 7) is 1.01. The first-order chi connectivity index (χ1) is 8.66. The van der Waals surface area contributed by atoms with Crippen LogP contribution in [0.2, 0.25) is 0 Å². The van der Waals surface area contributed by atoms with Crippen LogP contribution in [-0.4, -0.2) is 34.9 Å². The van der Waals surface area contributed by atoms with Gasteiger partial charge < -0.3 is 16.0 Å². The minimum absolute atomic E-state index is 0.111. The molecule has 1 aromatic heterocycles. The lowest BCUT2D eigenvalue weighted by Gasteiger charge is -2.30. The molecule has 6 heteroatoms. The molecule has 0 aliphatic carbocycles. The van der Waals surface area contributed by atoms with E-state index in [0.717, 1.165) is 12.8 Å². The zero-order valence-corrected chi connectivity index (χ0v) is 10.0. The fourth-order valence-corrected chi connectivity index (χ4v) is 2.06. The van der Waals surface area contributed by atoms with Gasteiger partial charge in [-0.1, -0.05) is 6.07 Å². The number of primary amides is 1. The highest BCUT2D eigenvalue weighted by atomic mass is 16.2. The molecule has 0 radical (unpaired) electrons. The number of aromatic nitrogens is 1. The van der Waals surface area contributed by atoms with Crippen molar-refractivity contribution in [2.45, 2.75) is 12.8 Å². The number of nitrogens with zero attached hydrogens (tertiary/aromatic N) is 2. The largest absolute Gasteiger partial charge is 0.351 e. The number of urea groups is 1. The van der Waals surface area contributed by atoms with Crippen molar-refractivity contribution in [2.75, 3.05) is 18.4 Å². The Kier molecular flexibility index (Phi) is 3.76. The van der Waals surface area contributed by atoms with E-state index in [1.54, 1.807) is 24.4 Å². The van der Waals surface area contributed by atoms with Crippen LogP contribution in [0, 0.1) is 5.92 Å². The monoisotopic (exact) mass is 248 g/mol. The lowest BCUT2D eigenvalue weighted by molar-refractivity contribution is -0.121. The summed E-state index contributed by atoms with van der Waals surface area (Å²) in [7, 11) is 0. The number of carbonyl (C=O) groups is 2. The Morgan fingerprint density at radius 3 is 2.94 bits per heavy atom. The average molecular weight is 248 g/mol. The van der Waals surface area contributed by atoms with Gasteiger partial charge in [-0.3, -0.25) is 4.79 Å². The summed E-state index contributed by atoms with van der Waals surface area (Å²) < 4.78 is 0. The number of rotatable bonds is 2. The van der Waals surface area contributed by atoms with Crippen molar-refractivity contribution >= 4 is 17.8 Å². The molecular formula is C12H16N4O2. The second-order valence-electron chi connectivity index (χ2n) is 4.33. The Morgan fingerprint density at radius 2 is 2.28 bits per heavy atom. The Morgan fingerprint density at radius 1 is 1.44 bits per heavy atom. The number of carbonyl (C=O) groups excluding carboxylic acids is 2. The lowest BCUT2D eigenvalue weighted by atomic mass is 9.97. The Hall–Kier alpha value is -2.11. The highest BCUT2D eigenvalue weighted by Crippen LogP contribution is 2.17. The summed E-state index contributed by atoms with van der Waals surface area (Å²) >= 11 is 0. The van der Waals surface area contributed by atoms with Gasteiger partial charge in [-0.15, -0.1) is 0 Å². The number of hydrogen-bond donors (Lipinski definition) is 2. The number of nitrogens with one attached hydrogen (secondary N) is 1. The molecule has 0 bridgehead atoms. The van der Waals surface area contributed by atoms with E-state index in [1.807, 2.05) is 0 Å². The van der Waals surface area contributed by atoms with E-state index in [2.05, 4.69) is 10.3 Å². The lowest BCUT2D eigenvalue weighted by Crippen LogP contribution is -2.46. The average Bonchev–Trinajstić information content (AvgIpc) is 2.40. The summed E-state index contributed by atoms with van der Waals surface area (Å²) in [6, 6.07) is 4.85. The van der Waals surface area contributed by atoms with Crippen LogP contribution in [0.1, 0.15) is 12.8 Å². The van der Waals surface area contributed by atoms with E-state index in [1.165, 1.54) is 4.90 Å². The summed E-state index contributed by atoms with van der Waals surface area (Å²) in [5, 5.41) is 2.74. The maximum atomic E-state index is 12.0. The first-order valence-corrected chi connectivity index (χ1v) is 5.93. The van der Waals surface area contributed by atoms with Crippen molar-refractivity contribution in [3.63, 3.8) is 0 Å². The molecule has 1 saturated heterocycles. The van der Waals surface area contributed by atoms with Crippen LogP contribution in [0.25, 0.3) is 0 Å². The number of amides is 3. The summed E-state index contributed by atoms with van der Waals surface area (Å²) in [5.74, 6) is 0.201. The van der Waals surface area contributed by atoms with Crippen molar-refractivity contribution in [2.24, 2.45) is 11.7 Å². The molecule has 1 atom stereocenters. The van der Waals surface area contributed by atoms with E-state index in [0.29, 0.717) is 18.9 Å². The third-order valence-electron chi connectivity index (χ3n) is 3.02. The molecule has 6 nitrogen and oxygen atoms in total. The molecule has 1 fully saturated rings. The molecular weight excluding hydrogens is 232 g/mol. The molecule has 18 heavy (non-hydrogen) atoms. The van der Waals surface area contributed by atoms with Crippen LogP contribution in [0.3, 0.4) is 0 Å². The summed E-state index contributed by atoms with van der Waals surface area (Å²) in [5.41, 5.74) is 5.23. The van der Waals surface area contributed by atoms with Crippen molar-refractivity contribution in [1.82, 2.24) is 9.88 Å². The number of anilines is 1. The van der Waals surface area contributed by atoms with Gasteiger partial charge in [-0.2, -0.15) is 0 Å². The van der Waals surface area contributed by atoms with E-state index in [9.17, 15) is 9.59 Å². The van der Waals surface area contributed by atoms with Crippen LogP contribution in [-0.2, 0) is 4.79 Å². The smallest absolute Gasteiger partial charge is 0.314 e. The Labute approximate surface area is 105 Å². The van der Waals surface area contributed by atoms with E-state index >= 15 is 0 Å². The highest BCUT2D eigenvalue weighted by molar-refractivity contribution is 5.92. The fraction of sp³-hybridized carbons (Fsp3) is 0.417. The summed E-state index contributed by atoms with van der Waals surface area (Å²) in [6.07, 6.45) is 3.18. The molecule has 1 unspecified atom stereocenters. The van der Waals surface area contributed by atoms with E-state index in [-0.39, 0.29) is 11.8 Å². The predicted octanol–water partition coefficient (Wildman–Crippen LogP) is 0.811. The molecule has 1 aliphatic rings. The van der Waals surface area contributed by atoms with Crippen LogP contribution >= 0.6 is 0 Å². The SMILES string of the molecule is NC(=O)N1CCCC(C(=O)Nc2ccccn2)C1. The zero-order valence-electron chi connectivity index (χ0n) is 10.0. The van der Waals surface area contributed by atoms with Gasteiger partial charge in [-0.05, 0) is 25.0 Å². The van der Waals surface area contributed by atoms with Gasteiger partial charge in [0.05, 0.1) is 5.92 Å². The van der Waals surface area contributed by atoms with E-state index < -0.39 is 6.03 Å². The third-order valence-corrected chi connectivity index (χ3v) is 3.02. The van der Waals surface area contributed by atoms with Crippen molar-refractivity contribution in [1.29, 1.82) is 0 Å². The second kappa shape index (κ2) is 5.48. The van der Waals surface area contributed by atoms with Crippen LogP contribution < -0.4 is 11.1 Å². The van der Waals surface area contributed by atoms with Gasteiger partial charge >= 0.3 is 6.03 Å². The molecule has 3 N–H and O–H groups in total. The molecule has 96 valence electrons. The number of pyridine rings is 1. The number of hydrogen-bond acceptors (Lipinski definition) is 3. The fourth-order valence-electron chi connectivity index (χ4n) is 2.06. The molecule has 0 saturated carbocycles. The Balaban J connectivity index is 1.95. The van der Waals surface area contributed by atoms with Gasteiger partial charge in [0.25, 0.3) is 0 Å². The second-order valence-corrected chi connectivity index (χ2v) is 4.33. The minimum Gasteiger partial charge on any atom is -0.351 e. The third kappa shape index (κ3) is 2.97. The van der Waals surface area contributed by atoms with Gasteiger partial charge in [0.1, 0.15) is 5.82 Å².